The molecule has 1 fully saturated rings. The smallest absolute Gasteiger partial charge is 0.151 e. The second-order valence-corrected chi connectivity index (χ2v) is 4.83. The van der Waals surface area contributed by atoms with Crippen molar-refractivity contribution in [3.05, 3.63) is 0 Å². The molecule has 2 heteroatoms. The lowest BCUT2D eigenvalue weighted by Gasteiger charge is -2.20. The molecule has 1 N–H and O–H groups in total. The summed E-state index contributed by atoms with van der Waals surface area (Å²) in [4.78, 5) is 0. The maximum atomic E-state index is 10.0. The highest BCUT2D eigenvalue weighted by Gasteiger charge is 2.25. The van der Waals surface area contributed by atoms with Gasteiger partial charge in [0.15, 0.2) is 5.60 Å². The number of rotatable bonds is 0. The van der Waals surface area contributed by atoms with Crippen LogP contribution in [0.5, 0.6) is 0 Å². The van der Waals surface area contributed by atoms with Gasteiger partial charge in [-0.2, -0.15) is 5.26 Å². The van der Waals surface area contributed by atoms with Gasteiger partial charge in [0.25, 0.3) is 0 Å². The Morgan fingerprint density at radius 1 is 0.733 bits per heavy atom. The molecule has 0 amide bonds. The van der Waals surface area contributed by atoms with Crippen LogP contribution in [-0.4, -0.2) is 10.7 Å². The van der Waals surface area contributed by atoms with Crippen molar-refractivity contribution in [1.29, 1.82) is 5.26 Å². The maximum Gasteiger partial charge on any atom is 0.151 e. The van der Waals surface area contributed by atoms with Crippen LogP contribution in [0.15, 0.2) is 0 Å². The van der Waals surface area contributed by atoms with Crippen LogP contribution in [0.1, 0.15) is 70.6 Å². The highest BCUT2D eigenvalue weighted by molar-refractivity contribution is 4.99. The minimum Gasteiger partial charge on any atom is -0.375 e. The second kappa shape index (κ2) is 6.85. The van der Waals surface area contributed by atoms with Gasteiger partial charge in [0.2, 0.25) is 0 Å². The van der Waals surface area contributed by atoms with Crippen molar-refractivity contribution >= 4 is 0 Å². The van der Waals surface area contributed by atoms with Crippen molar-refractivity contribution in [1.82, 2.24) is 0 Å². The van der Waals surface area contributed by atoms with E-state index in [2.05, 4.69) is 6.07 Å². The van der Waals surface area contributed by atoms with Crippen LogP contribution in [0.25, 0.3) is 0 Å². The van der Waals surface area contributed by atoms with E-state index in [0.717, 1.165) is 12.8 Å². The molecule has 1 aliphatic rings. The molecule has 1 rings (SSSR count). The van der Waals surface area contributed by atoms with E-state index in [1.807, 2.05) is 0 Å². The van der Waals surface area contributed by atoms with Gasteiger partial charge in [-0.3, -0.25) is 0 Å². The van der Waals surface area contributed by atoms with Gasteiger partial charge < -0.3 is 5.11 Å². The maximum absolute atomic E-state index is 10.0. The number of nitrogens with zero attached hydrogens (tertiary/aromatic N) is 1. The van der Waals surface area contributed by atoms with E-state index < -0.39 is 5.60 Å². The average molecular weight is 209 g/mol. The monoisotopic (exact) mass is 209 g/mol. The van der Waals surface area contributed by atoms with E-state index in [-0.39, 0.29) is 0 Å². The van der Waals surface area contributed by atoms with E-state index in [4.69, 9.17) is 5.26 Å². The molecule has 0 saturated heterocycles. The molecule has 0 bridgehead atoms. The molecule has 2 nitrogen and oxygen atoms in total. The van der Waals surface area contributed by atoms with Crippen molar-refractivity contribution in [2.45, 2.75) is 76.2 Å². The van der Waals surface area contributed by atoms with Crippen LogP contribution in [0.2, 0.25) is 0 Å². The van der Waals surface area contributed by atoms with Gasteiger partial charge in [0.05, 0.1) is 6.07 Å². The van der Waals surface area contributed by atoms with Crippen LogP contribution >= 0.6 is 0 Å². The molecule has 0 aromatic heterocycles. The molecule has 0 aromatic carbocycles. The first kappa shape index (κ1) is 12.5. The second-order valence-electron chi connectivity index (χ2n) is 4.83. The van der Waals surface area contributed by atoms with E-state index >= 15 is 0 Å². The van der Waals surface area contributed by atoms with Crippen LogP contribution < -0.4 is 0 Å². The molecule has 0 heterocycles. The molecular weight excluding hydrogens is 186 g/mol. The van der Waals surface area contributed by atoms with Crippen molar-refractivity contribution in [2.24, 2.45) is 0 Å². The SMILES string of the molecule is N#CC1(O)CCCCCCCCCCC1. The zero-order chi connectivity index (χ0) is 11.0. The van der Waals surface area contributed by atoms with Gasteiger partial charge in [-0.1, -0.05) is 44.9 Å². The number of hydrogen-bond donors (Lipinski definition) is 1. The Morgan fingerprint density at radius 2 is 1.07 bits per heavy atom. The third kappa shape index (κ3) is 5.18. The fraction of sp³-hybridized carbons (Fsp3) is 0.923. The lowest BCUT2D eigenvalue weighted by atomic mass is 9.90. The number of aliphatic hydroxyl groups is 1. The largest absolute Gasteiger partial charge is 0.375 e. The van der Waals surface area contributed by atoms with Gasteiger partial charge in [0, 0.05) is 0 Å². The Bertz CT molecular complexity index is 195. The van der Waals surface area contributed by atoms with Crippen LogP contribution in [-0.2, 0) is 0 Å². The van der Waals surface area contributed by atoms with Crippen molar-refractivity contribution in [3.63, 3.8) is 0 Å². The normalized spacial score (nSPS) is 24.5. The first-order chi connectivity index (χ1) is 7.27. The summed E-state index contributed by atoms with van der Waals surface area (Å²) < 4.78 is 0. The summed E-state index contributed by atoms with van der Waals surface area (Å²) in [6.07, 6.45) is 12.2. The Kier molecular flexibility index (Phi) is 5.71. The number of hydrogen-bond acceptors (Lipinski definition) is 2. The summed E-state index contributed by atoms with van der Waals surface area (Å²) >= 11 is 0. The Labute approximate surface area is 93.3 Å². The first-order valence-corrected chi connectivity index (χ1v) is 6.40. The predicted octanol–water partition coefficient (Wildman–Crippen LogP) is 3.55. The van der Waals surface area contributed by atoms with Gasteiger partial charge in [-0.25, -0.2) is 0 Å². The molecule has 0 unspecified atom stereocenters. The Morgan fingerprint density at radius 3 is 1.40 bits per heavy atom. The van der Waals surface area contributed by atoms with Gasteiger partial charge in [0.1, 0.15) is 0 Å². The molecule has 15 heavy (non-hydrogen) atoms. The minimum absolute atomic E-state index is 0.670. The Balaban J connectivity index is 2.36. The molecule has 0 radical (unpaired) electrons. The zero-order valence-corrected chi connectivity index (χ0v) is 9.67. The fourth-order valence-corrected chi connectivity index (χ4v) is 2.31. The lowest BCUT2D eigenvalue weighted by molar-refractivity contribution is 0.0736. The van der Waals surface area contributed by atoms with Crippen LogP contribution in [0.3, 0.4) is 0 Å². The third-order valence-electron chi connectivity index (χ3n) is 3.39. The summed E-state index contributed by atoms with van der Waals surface area (Å²) in [6.45, 7) is 0. The van der Waals surface area contributed by atoms with Gasteiger partial charge in [-0.15, -0.1) is 0 Å². The molecule has 1 aliphatic carbocycles. The molecule has 86 valence electrons. The molecule has 0 aliphatic heterocycles. The van der Waals surface area contributed by atoms with Crippen LogP contribution in [0.4, 0.5) is 0 Å². The van der Waals surface area contributed by atoms with Crippen molar-refractivity contribution in [3.8, 4) is 6.07 Å². The highest BCUT2D eigenvalue weighted by atomic mass is 16.3. The van der Waals surface area contributed by atoms with E-state index in [1.54, 1.807) is 0 Å². The predicted molar refractivity (Wildman–Crippen MR) is 61.3 cm³/mol. The van der Waals surface area contributed by atoms with Gasteiger partial charge in [-0.05, 0) is 25.7 Å². The fourth-order valence-electron chi connectivity index (χ4n) is 2.31. The minimum atomic E-state index is -1.03. The van der Waals surface area contributed by atoms with Crippen LogP contribution in [0, 0.1) is 11.3 Å². The molecule has 0 atom stereocenters. The topological polar surface area (TPSA) is 44.0 Å². The molecule has 0 spiro atoms. The highest BCUT2D eigenvalue weighted by Crippen LogP contribution is 2.23. The van der Waals surface area contributed by atoms with E-state index in [1.165, 1.54) is 44.9 Å². The average Bonchev–Trinajstić information content (AvgIpc) is 2.23. The zero-order valence-electron chi connectivity index (χ0n) is 9.67. The molecule has 0 aromatic rings. The third-order valence-corrected chi connectivity index (χ3v) is 3.39. The standard InChI is InChI=1S/C13H23NO/c14-12-13(15)10-8-6-4-2-1-3-5-7-9-11-13/h15H,1-11H2. The first-order valence-electron chi connectivity index (χ1n) is 6.40. The molecule has 1 saturated carbocycles. The summed E-state index contributed by atoms with van der Waals surface area (Å²) in [6, 6.07) is 2.09. The quantitative estimate of drug-likeness (QED) is 0.620. The summed E-state index contributed by atoms with van der Waals surface area (Å²) in [5, 5.41) is 19.0. The van der Waals surface area contributed by atoms with Gasteiger partial charge >= 0.3 is 0 Å². The van der Waals surface area contributed by atoms with Crippen molar-refractivity contribution < 1.29 is 5.11 Å². The summed E-state index contributed by atoms with van der Waals surface area (Å²) in [7, 11) is 0. The Hall–Kier alpha value is -0.550. The van der Waals surface area contributed by atoms with E-state index in [9.17, 15) is 5.11 Å². The lowest BCUT2D eigenvalue weighted by Crippen LogP contribution is -2.26. The van der Waals surface area contributed by atoms with E-state index in [0.29, 0.717) is 12.8 Å². The summed E-state index contributed by atoms with van der Waals surface area (Å²) in [5.74, 6) is 0. The van der Waals surface area contributed by atoms with Crippen molar-refractivity contribution in [2.75, 3.05) is 0 Å². The summed E-state index contributed by atoms with van der Waals surface area (Å²) in [5.41, 5.74) is -1.03. The molecular formula is C13H23NO. The number of nitriles is 1.